The van der Waals surface area contributed by atoms with Crippen LogP contribution in [0, 0.1) is 5.82 Å². The summed E-state index contributed by atoms with van der Waals surface area (Å²) < 4.78 is 45.6. The summed E-state index contributed by atoms with van der Waals surface area (Å²) in [5.74, 6) is -0.248. The standard InChI is InChI=1S/C42H41FN14O6S/c1-23(14-47-64(62,63)29-7-8-29)48-41(60)34-13-36(52-39(50-34)27-16-46-54(3)18-27)55-19-25-5-4-6-32(31(25)20-55)49-35-9-10-37(59)57(53-35)40-38-30(42(61)56(22-45-38)24(2)21-58)12-33(51-40)26-11-28(43)17-44-15-26/h4-6,9-13,15-18,22-24,29,47,58H,7-8,14,19-21H2,1-3H3,(H,48,60)(H,49,53)/t23-,24-/m0/s1. The van der Waals surface area contributed by atoms with Gasteiger partial charge in [0.15, 0.2) is 17.5 Å². The molecule has 1 saturated carbocycles. The third-order valence-corrected chi connectivity index (χ3v) is 12.8. The molecule has 0 radical (unpaired) electrons. The van der Waals surface area contributed by atoms with Gasteiger partial charge in [-0.05, 0) is 62.1 Å². The van der Waals surface area contributed by atoms with Gasteiger partial charge in [-0.15, -0.1) is 5.10 Å². The number of nitrogens with zero attached hydrogens (tertiary/aromatic N) is 11. The lowest BCUT2D eigenvalue weighted by atomic mass is 10.1. The Morgan fingerprint density at radius 3 is 2.58 bits per heavy atom. The minimum atomic E-state index is -3.44. The molecule has 20 nitrogen and oxygen atoms in total. The molecule has 7 aromatic rings. The zero-order chi connectivity index (χ0) is 44.9. The largest absolute Gasteiger partial charge is 0.394 e. The number of hydrogen-bond acceptors (Lipinski definition) is 15. The first kappa shape index (κ1) is 42.0. The van der Waals surface area contributed by atoms with Crippen LogP contribution in [-0.2, 0) is 30.2 Å². The van der Waals surface area contributed by atoms with Crippen molar-refractivity contribution in [3.05, 3.63) is 123 Å². The van der Waals surface area contributed by atoms with Crippen molar-refractivity contribution in [3.8, 4) is 28.5 Å². The highest BCUT2D eigenvalue weighted by molar-refractivity contribution is 7.90. The molecular formula is C42H41FN14O6S. The molecule has 328 valence electrons. The maximum absolute atomic E-state index is 14.4. The summed E-state index contributed by atoms with van der Waals surface area (Å²) in [5, 5.41) is 24.5. The fourth-order valence-electron chi connectivity index (χ4n) is 7.31. The predicted octanol–water partition coefficient (Wildman–Crippen LogP) is 2.75. The summed E-state index contributed by atoms with van der Waals surface area (Å²) >= 11 is 0. The number of benzene rings is 1. The third kappa shape index (κ3) is 8.44. The van der Waals surface area contributed by atoms with Crippen molar-refractivity contribution in [1.29, 1.82) is 0 Å². The molecule has 64 heavy (non-hydrogen) atoms. The van der Waals surface area contributed by atoms with Gasteiger partial charge >= 0.3 is 0 Å². The number of amides is 1. The van der Waals surface area contributed by atoms with E-state index in [0.717, 1.165) is 22.0 Å². The SMILES string of the molecule is C[C@@H](CNS(=O)(=O)C1CC1)NC(=O)c1cc(N2Cc3cccc(Nc4ccc(=O)n(-c5nc(-c6cncc(F)c6)cc6c(=O)n([C@@H](C)CO)cnc56)n4)c3C2)nc(-c2cnn(C)c2)n1. The number of aliphatic hydroxyl groups excluding tert-OH is 1. The maximum atomic E-state index is 14.4. The number of anilines is 3. The zero-order valence-electron chi connectivity index (χ0n) is 34.7. The number of halogens is 1. The van der Waals surface area contributed by atoms with E-state index in [1.807, 2.05) is 23.1 Å². The minimum absolute atomic E-state index is 0.0242. The van der Waals surface area contributed by atoms with E-state index < -0.39 is 44.9 Å². The molecule has 1 aromatic carbocycles. The molecule has 22 heteroatoms. The second-order valence-corrected chi connectivity index (χ2v) is 17.9. The lowest BCUT2D eigenvalue weighted by molar-refractivity contribution is 0.0935. The van der Waals surface area contributed by atoms with Crippen molar-refractivity contribution in [2.45, 2.75) is 57.1 Å². The summed E-state index contributed by atoms with van der Waals surface area (Å²) in [6.45, 7) is 3.81. The fourth-order valence-corrected chi connectivity index (χ4v) is 8.78. The Kier molecular flexibility index (Phi) is 11.0. The number of nitrogens with one attached hydrogen (secondary N) is 3. The van der Waals surface area contributed by atoms with Gasteiger partial charge in [0.25, 0.3) is 17.0 Å². The maximum Gasteiger partial charge on any atom is 0.273 e. The van der Waals surface area contributed by atoms with Crippen LogP contribution in [0.3, 0.4) is 0 Å². The number of hydrogen-bond donors (Lipinski definition) is 4. The van der Waals surface area contributed by atoms with Crippen LogP contribution >= 0.6 is 0 Å². The van der Waals surface area contributed by atoms with Gasteiger partial charge in [0, 0.05) is 68.5 Å². The van der Waals surface area contributed by atoms with Gasteiger partial charge in [0.2, 0.25) is 10.0 Å². The monoisotopic (exact) mass is 888 g/mol. The first-order valence-corrected chi connectivity index (χ1v) is 21.8. The Morgan fingerprint density at radius 2 is 1.83 bits per heavy atom. The Balaban J connectivity index is 1.02. The van der Waals surface area contributed by atoms with Gasteiger partial charge in [-0.2, -0.15) is 9.78 Å². The molecule has 0 bridgehead atoms. The summed E-state index contributed by atoms with van der Waals surface area (Å²) in [4.78, 5) is 65.4. The Morgan fingerprint density at radius 1 is 1.00 bits per heavy atom. The minimum Gasteiger partial charge on any atom is -0.394 e. The lowest BCUT2D eigenvalue weighted by Crippen LogP contribution is -2.42. The molecule has 2 aliphatic rings. The van der Waals surface area contributed by atoms with Crippen molar-refractivity contribution in [2.24, 2.45) is 7.05 Å². The van der Waals surface area contributed by atoms with E-state index in [9.17, 15) is 32.3 Å². The van der Waals surface area contributed by atoms with E-state index in [1.165, 1.54) is 41.4 Å². The summed E-state index contributed by atoms with van der Waals surface area (Å²) in [6.07, 6.45) is 8.26. The van der Waals surface area contributed by atoms with Gasteiger partial charge in [0.05, 0.1) is 53.3 Å². The number of carbonyl (C=O) groups excluding carboxylic acids is 1. The Bertz CT molecular complexity index is 3210. The smallest absolute Gasteiger partial charge is 0.273 e. The van der Waals surface area contributed by atoms with E-state index >= 15 is 0 Å². The zero-order valence-corrected chi connectivity index (χ0v) is 35.5. The first-order valence-electron chi connectivity index (χ1n) is 20.3. The third-order valence-electron chi connectivity index (χ3n) is 10.9. The number of sulfonamides is 1. The second-order valence-electron chi connectivity index (χ2n) is 15.8. The highest BCUT2D eigenvalue weighted by Crippen LogP contribution is 2.34. The van der Waals surface area contributed by atoms with Gasteiger partial charge in [-0.1, -0.05) is 12.1 Å². The van der Waals surface area contributed by atoms with Crippen LogP contribution in [0.25, 0.3) is 39.4 Å². The Hall–Kier alpha value is -7.30. The highest BCUT2D eigenvalue weighted by Gasteiger charge is 2.35. The molecule has 0 saturated heterocycles. The van der Waals surface area contributed by atoms with Crippen molar-refractivity contribution in [3.63, 3.8) is 0 Å². The number of carbonyl (C=O) groups is 1. The average Bonchev–Trinajstić information content (AvgIpc) is 3.93. The van der Waals surface area contributed by atoms with Crippen LogP contribution in [-0.4, -0.2) is 92.9 Å². The van der Waals surface area contributed by atoms with Gasteiger partial charge in [0.1, 0.15) is 22.8 Å². The van der Waals surface area contributed by atoms with Crippen LogP contribution in [0.15, 0.2) is 89.2 Å². The van der Waals surface area contributed by atoms with Crippen molar-refractivity contribution in [1.82, 2.24) is 59.1 Å². The highest BCUT2D eigenvalue weighted by atomic mass is 32.2. The average molecular weight is 889 g/mol. The molecule has 7 heterocycles. The van der Waals surface area contributed by atoms with Crippen molar-refractivity contribution < 1.29 is 22.7 Å². The van der Waals surface area contributed by atoms with Gasteiger partial charge in [-0.3, -0.25) is 28.6 Å². The molecule has 0 spiro atoms. The van der Waals surface area contributed by atoms with Crippen LogP contribution < -0.4 is 31.4 Å². The van der Waals surface area contributed by atoms with Crippen LogP contribution in [0.1, 0.15) is 54.3 Å². The number of fused-ring (bicyclic) bond motifs is 2. The summed E-state index contributed by atoms with van der Waals surface area (Å²) in [6, 6.07) is 11.6. The van der Waals surface area contributed by atoms with Gasteiger partial charge < -0.3 is 20.6 Å². The van der Waals surface area contributed by atoms with E-state index in [2.05, 4.69) is 45.5 Å². The molecule has 2 atom stereocenters. The van der Waals surface area contributed by atoms with E-state index in [1.54, 1.807) is 44.0 Å². The summed E-state index contributed by atoms with van der Waals surface area (Å²) in [5.41, 5.74) is 2.50. The first-order chi connectivity index (χ1) is 30.7. The van der Waals surface area contributed by atoms with Crippen molar-refractivity contribution >= 4 is 44.2 Å². The van der Waals surface area contributed by atoms with E-state index in [-0.39, 0.29) is 63.7 Å². The van der Waals surface area contributed by atoms with Crippen molar-refractivity contribution in [2.75, 3.05) is 23.4 Å². The molecule has 1 fully saturated rings. The predicted molar refractivity (Wildman–Crippen MR) is 233 cm³/mol. The number of pyridine rings is 2. The molecule has 1 amide bonds. The number of aryl methyl sites for hydroxylation is 1. The molecule has 1 aliphatic heterocycles. The topological polar surface area (TPSA) is 250 Å². The van der Waals surface area contributed by atoms with E-state index in [4.69, 9.17) is 4.98 Å². The quantitative estimate of drug-likeness (QED) is 0.123. The van der Waals surface area contributed by atoms with Crippen LogP contribution in [0.4, 0.5) is 21.7 Å². The number of aromatic nitrogens is 10. The lowest BCUT2D eigenvalue weighted by Gasteiger charge is -2.19. The second kappa shape index (κ2) is 16.8. The van der Waals surface area contributed by atoms with Gasteiger partial charge in [-0.25, -0.2) is 37.5 Å². The molecule has 4 N–H and O–H groups in total. The molecular weight excluding hydrogens is 848 g/mol. The number of aliphatic hydroxyl groups is 1. The summed E-state index contributed by atoms with van der Waals surface area (Å²) in [7, 11) is -1.68. The van der Waals surface area contributed by atoms with Crippen LogP contribution in [0.2, 0.25) is 0 Å². The molecule has 6 aromatic heterocycles. The molecule has 0 unspecified atom stereocenters. The Labute approximate surface area is 363 Å². The van der Waals surface area contributed by atoms with Crippen LogP contribution in [0.5, 0.6) is 0 Å². The normalized spacial score (nSPS) is 14.7. The van der Waals surface area contributed by atoms with E-state index in [0.29, 0.717) is 43.0 Å². The number of rotatable bonds is 14. The fraction of sp³-hybridized carbons (Fsp3) is 0.286. The molecule has 9 rings (SSSR count). The molecule has 1 aliphatic carbocycles.